The Bertz CT molecular complexity index is 1590. The second kappa shape index (κ2) is 24.2. The highest BCUT2D eigenvalue weighted by atomic mass is 28.4. The number of aromatic nitrogens is 1. The van der Waals surface area contributed by atoms with Crippen LogP contribution in [0, 0.1) is 11.8 Å². The molecule has 0 bridgehead atoms. The molecular formula is C47H79NO7Si2. The lowest BCUT2D eigenvalue weighted by Gasteiger charge is -2.40. The molecule has 1 heterocycles. The number of rotatable bonds is 22. The quantitative estimate of drug-likeness (QED) is 0.0380. The molecule has 4 atom stereocenters. The van der Waals surface area contributed by atoms with Crippen molar-refractivity contribution in [3.8, 4) is 0 Å². The molecule has 2 aromatic rings. The number of pyridine rings is 1. The number of esters is 2. The Hall–Kier alpha value is -2.93. The van der Waals surface area contributed by atoms with E-state index >= 15 is 0 Å². The largest absolute Gasteiger partial charge is 0.469 e. The Morgan fingerprint density at radius 2 is 1.25 bits per heavy atom. The molecule has 8 nitrogen and oxygen atoms in total. The Kier molecular flexibility index (Phi) is 22.1. The normalized spacial score (nSPS) is 14.6. The number of carbonyl (C=O) groups excluding carboxylic acids is 3. The zero-order valence-corrected chi connectivity index (χ0v) is 40.5. The minimum Gasteiger partial charge on any atom is -0.469 e. The zero-order valence-electron chi connectivity index (χ0n) is 38.5. The number of Topliss-reactive ketones (excluding diaryl/α,β-unsaturated/α-hetero) is 1. The van der Waals surface area contributed by atoms with Gasteiger partial charge in [-0.15, -0.1) is 6.58 Å². The fourth-order valence-electron chi connectivity index (χ4n) is 5.74. The van der Waals surface area contributed by atoms with Crippen LogP contribution in [-0.4, -0.2) is 65.8 Å². The number of para-hydroxylation sites is 1. The van der Waals surface area contributed by atoms with E-state index in [0.717, 1.165) is 55.0 Å². The predicted molar refractivity (Wildman–Crippen MR) is 244 cm³/mol. The van der Waals surface area contributed by atoms with Crippen molar-refractivity contribution in [3.05, 3.63) is 60.3 Å². The second-order valence-corrected chi connectivity index (χ2v) is 28.1. The SMILES string of the molecule is C=C[C@@H](C)[C@H](CCCC(=O)OC)O[Si](C)(C)C(C)(C)C.CCCCCC(=O)c1nc2ccccc2cc1/C=C/[C@@H](C)[C@H](CCCC(=O)OC)O[Si](C)(C)C(C)(C)C. The number of benzene rings is 1. The van der Waals surface area contributed by atoms with Crippen LogP contribution in [0.25, 0.3) is 17.0 Å². The van der Waals surface area contributed by atoms with E-state index in [9.17, 15) is 14.4 Å². The first kappa shape index (κ1) is 52.1. The molecule has 0 unspecified atom stereocenters. The standard InChI is InChI=1S/C31H47NO4Si.C16H32O3Si/c1-9-10-11-17-27(33)30-25(22-24-15-12-13-16-26(24)32-30)21-20-23(2)28(18-14-19-29(34)35-6)36-37(7,8)31(3,4)5;1-9-13(2)14(11-10-12-15(17)18-6)19-20(7,8)16(3,4)5/h12-13,15-16,20-23,28H,9-11,14,17-19H2,1-8H3;9,13-14H,1,10-12H2,2-8H3/b21-20+;/t23-,28+;13-,14+/m11/s1. The van der Waals surface area contributed by atoms with Crippen molar-refractivity contribution in [1.29, 1.82) is 0 Å². The van der Waals surface area contributed by atoms with Crippen LogP contribution in [0.2, 0.25) is 36.3 Å². The molecule has 0 N–H and O–H groups in total. The van der Waals surface area contributed by atoms with Crippen LogP contribution >= 0.6 is 0 Å². The third kappa shape index (κ3) is 17.8. The summed E-state index contributed by atoms with van der Waals surface area (Å²) in [5, 5.41) is 1.29. The smallest absolute Gasteiger partial charge is 0.305 e. The predicted octanol–water partition coefficient (Wildman–Crippen LogP) is 12.9. The number of methoxy groups -OCH3 is 2. The van der Waals surface area contributed by atoms with Crippen LogP contribution in [-0.2, 0) is 27.9 Å². The third-order valence-corrected chi connectivity index (χ3v) is 20.9. The maximum absolute atomic E-state index is 13.1. The Balaban J connectivity index is 0.000000688. The molecule has 0 amide bonds. The monoisotopic (exact) mass is 826 g/mol. The third-order valence-electron chi connectivity index (χ3n) is 11.8. The fraction of sp³-hybridized carbons (Fsp3) is 0.660. The van der Waals surface area contributed by atoms with E-state index in [2.05, 4.69) is 112 Å². The van der Waals surface area contributed by atoms with Gasteiger partial charge in [-0.25, -0.2) is 4.98 Å². The van der Waals surface area contributed by atoms with Crippen LogP contribution in [0.3, 0.4) is 0 Å². The van der Waals surface area contributed by atoms with Gasteiger partial charge < -0.3 is 18.3 Å². The molecule has 1 aromatic heterocycles. The molecule has 10 heteroatoms. The first-order chi connectivity index (χ1) is 26.4. The number of unbranched alkanes of at least 4 members (excludes halogenated alkanes) is 2. The number of hydrogen-bond acceptors (Lipinski definition) is 8. The first-order valence-corrected chi connectivity index (χ1v) is 27.0. The highest BCUT2D eigenvalue weighted by Gasteiger charge is 2.41. The Morgan fingerprint density at radius 3 is 1.70 bits per heavy atom. The summed E-state index contributed by atoms with van der Waals surface area (Å²) in [6.45, 7) is 32.8. The average Bonchev–Trinajstić information content (AvgIpc) is 3.14. The van der Waals surface area contributed by atoms with Crippen molar-refractivity contribution in [2.75, 3.05) is 14.2 Å². The van der Waals surface area contributed by atoms with Crippen molar-refractivity contribution in [2.45, 2.75) is 175 Å². The molecule has 0 saturated heterocycles. The van der Waals surface area contributed by atoms with Gasteiger partial charge in [0, 0.05) is 30.2 Å². The number of ketones is 1. The Morgan fingerprint density at radius 1 is 0.754 bits per heavy atom. The molecule has 0 spiro atoms. The minimum absolute atomic E-state index is 0.0288. The summed E-state index contributed by atoms with van der Waals surface area (Å²) in [4.78, 5) is 40.8. The fourth-order valence-corrected chi connectivity index (χ4v) is 8.62. The van der Waals surface area contributed by atoms with Gasteiger partial charge in [0.25, 0.3) is 0 Å². The number of ether oxygens (including phenoxy) is 2. The molecule has 0 fully saturated rings. The van der Waals surface area contributed by atoms with Crippen molar-refractivity contribution in [3.63, 3.8) is 0 Å². The lowest BCUT2D eigenvalue weighted by atomic mass is 9.96. The highest BCUT2D eigenvalue weighted by Crippen LogP contribution is 2.40. The van der Waals surface area contributed by atoms with Crippen molar-refractivity contribution in [2.24, 2.45) is 11.8 Å². The lowest BCUT2D eigenvalue weighted by molar-refractivity contribution is -0.141. The van der Waals surface area contributed by atoms with Gasteiger partial charge in [0.15, 0.2) is 22.4 Å². The van der Waals surface area contributed by atoms with E-state index in [1.807, 2.05) is 36.4 Å². The van der Waals surface area contributed by atoms with Gasteiger partial charge in [-0.05, 0) is 92.3 Å². The molecule has 2 rings (SSSR count). The van der Waals surface area contributed by atoms with E-state index in [0.29, 0.717) is 37.3 Å². The van der Waals surface area contributed by atoms with Gasteiger partial charge in [-0.2, -0.15) is 0 Å². The highest BCUT2D eigenvalue weighted by molar-refractivity contribution is 6.74. The molecule has 322 valence electrons. The maximum atomic E-state index is 13.1. The minimum atomic E-state index is -2.02. The van der Waals surface area contributed by atoms with Crippen LogP contribution in [0.1, 0.15) is 143 Å². The summed E-state index contributed by atoms with van der Waals surface area (Å²) in [5.74, 6) is 0.145. The van der Waals surface area contributed by atoms with Crippen LogP contribution in [0.5, 0.6) is 0 Å². The van der Waals surface area contributed by atoms with Gasteiger partial charge in [-0.1, -0.05) is 112 Å². The van der Waals surface area contributed by atoms with Gasteiger partial charge >= 0.3 is 11.9 Å². The maximum Gasteiger partial charge on any atom is 0.305 e. The summed E-state index contributed by atoms with van der Waals surface area (Å²) >= 11 is 0. The molecule has 1 aromatic carbocycles. The van der Waals surface area contributed by atoms with Gasteiger partial charge in [0.2, 0.25) is 0 Å². The summed E-state index contributed by atoms with van der Waals surface area (Å²) in [6, 6.07) is 10.0. The summed E-state index contributed by atoms with van der Waals surface area (Å²) in [5.41, 5.74) is 2.24. The first-order valence-electron chi connectivity index (χ1n) is 21.2. The van der Waals surface area contributed by atoms with E-state index in [1.165, 1.54) is 14.2 Å². The molecule has 0 radical (unpaired) electrons. The van der Waals surface area contributed by atoms with Crippen LogP contribution < -0.4 is 0 Å². The zero-order chi connectivity index (χ0) is 43.6. The Labute approximate surface area is 349 Å². The van der Waals surface area contributed by atoms with Crippen LogP contribution in [0.15, 0.2) is 49.1 Å². The van der Waals surface area contributed by atoms with Crippen LogP contribution in [0.4, 0.5) is 0 Å². The number of carbonyl (C=O) groups is 3. The molecule has 0 aliphatic heterocycles. The van der Waals surface area contributed by atoms with Gasteiger partial charge in [0.1, 0.15) is 5.69 Å². The second-order valence-electron chi connectivity index (χ2n) is 18.6. The summed E-state index contributed by atoms with van der Waals surface area (Å²) < 4.78 is 22.8. The number of nitrogens with zero attached hydrogens (tertiary/aromatic N) is 1. The van der Waals surface area contributed by atoms with Crippen molar-refractivity contribution in [1.82, 2.24) is 4.98 Å². The van der Waals surface area contributed by atoms with Crippen molar-refractivity contribution >= 4 is 51.3 Å². The average molecular weight is 826 g/mol. The van der Waals surface area contributed by atoms with E-state index in [-0.39, 0.29) is 45.9 Å². The van der Waals surface area contributed by atoms with E-state index < -0.39 is 16.6 Å². The van der Waals surface area contributed by atoms with Gasteiger partial charge in [-0.3, -0.25) is 14.4 Å². The molecule has 57 heavy (non-hydrogen) atoms. The van der Waals surface area contributed by atoms with E-state index in [1.54, 1.807) is 0 Å². The number of fused-ring (bicyclic) bond motifs is 1. The molecule has 0 saturated carbocycles. The summed E-state index contributed by atoms with van der Waals surface area (Å²) in [6.07, 6.45) is 13.7. The molecule has 0 aliphatic carbocycles. The van der Waals surface area contributed by atoms with Gasteiger partial charge in [0.05, 0.1) is 31.9 Å². The molecular weight excluding hydrogens is 747 g/mol. The van der Waals surface area contributed by atoms with E-state index in [4.69, 9.17) is 18.6 Å². The van der Waals surface area contributed by atoms with Crippen molar-refractivity contribution < 1.29 is 32.7 Å². The molecule has 0 aliphatic rings. The number of hydrogen-bond donors (Lipinski definition) is 0. The lowest BCUT2D eigenvalue weighted by Crippen LogP contribution is -2.45. The topological polar surface area (TPSA) is 101 Å². The summed E-state index contributed by atoms with van der Waals surface area (Å²) in [7, 11) is -0.966.